The molecule has 0 amide bonds. The Hall–Kier alpha value is -2.04. The van der Waals surface area contributed by atoms with Crippen molar-refractivity contribution in [2.45, 2.75) is 33.6 Å². The van der Waals surface area contributed by atoms with Gasteiger partial charge in [0.25, 0.3) is 0 Å². The van der Waals surface area contributed by atoms with Crippen molar-refractivity contribution < 1.29 is 18.4 Å². The van der Waals surface area contributed by atoms with Crippen LogP contribution in [0.2, 0.25) is 0 Å². The minimum Gasteiger partial charge on any atom is -0.469 e. The molecule has 0 unspecified atom stereocenters. The van der Waals surface area contributed by atoms with Crippen LogP contribution in [0.5, 0.6) is 0 Å². The number of oxazole rings is 1. The Labute approximate surface area is 111 Å². The highest BCUT2D eigenvalue weighted by Crippen LogP contribution is 2.28. The number of hydrogen-bond donors (Lipinski definition) is 0. The van der Waals surface area contributed by atoms with Crippen LogP contribution in [0.3, 0.4) is 0 Å². The summed E-state index contributed by atoms with van der Waals surface area (Å²) in [6.07, 6.45) is 1.56. The number of carbonyl (C=O) groups excluding carboxylic acids is 1. The lowest BCUT2D eigenvalue weighted by molar-refractivity contribution is 0.0488. The summed E-state index contributed by atoms with van der Waals surface area (Å²) in [4.78, 5) is 16.2. The molecule has 0 spiro atoms. The molecular weight excluding hydrogens is 246 g/mol. The van der Waals surface area contributed by atoms with Crippen LogP contribution in [0.4, 0.5) is 0 Å². The van der Waals surface area contributed by atoms with Crippen molar-refractivity contribution in [2.24, 2.45) is 0 Å². The van der Waals surface area contributed by atoms with E-state index < -0.39 is 5.97 Å². The molecule has 0 atom stereocenters. The van der Waals surface area contributed by atoms with Gasteiger partial charge in [0, 0.05) is 0 Å². The molecule has 2 rings (SSSR count). The van der Waals surface area contributed by atoms with Crippen molar-refractivity contribution in [3.8, 4) is 11.5 Å². The molecule has 0 N–H and O–H groups in total. The first-order valence-electron chi connectivity index (χ1n) is 6.26. The van der Waals surface area contributed by atoms with Gasteiger partial charge in [-0.15, -0.1) is 0 Å². The van der Waals surface area contributed by atoms with Crippen LogP contribution < -0.4 is 0 Å². The SMILES string of the molecule is CCOC(=O)c1oc(-c2coc(C)c2)nc1C(C)C. The van der Waals surface area contributed by atoms with Gasteiger partial charge in [-0.2, -0.15) is 0 Å². The van der Waals surface area contributed by atoms with Crippen LogP contribution in [-0.2, 0) is 4.74 Å². The number of ether oxygens (including phenoxy) is 1. The van der Waals surface area contributed by atoms with Gasteiger partial charge in [0.05, 0.1) is 17.9 Å². The summed E-state index contributed by atoms with van der Waals surface area (Å²) in [6.45, 7) is 7.79. The fourth-order valence-corrected chi connectivity index (χ4v) is 1.75. The van der Waals surface area contributed by atoms with E-state index in [1.807, 2.05) is 26.8 Å². The van der Waals surface area contributed by atoms with E-state index >= 15 is 0 Å². The molecule has 0 saturated carbocycles. The van der Waals surface area contributed by atoms with Gasteiger partial charge in [-0.25, -0.2) is 9.78 Å². The van der Waals surface area contributed by atoms with Crippen LogP contribution in [0.15, 0.2) is 21.2 Å². The normalized spacial score (nSPS) is 11.0. The Morgan fingerprint density at radius 1 is 1.47 bits per heavy atom. The van der Waals surface area contributed by atoms with Crippen LogP contribution in [0.1, 0.15) is 48.7 Å². The lowest BCUT2D eigenvalue weighted by Gasteiger charge is -2.02. The summed E-state index contributed by atoms with van der Waals surface area (Å²) < 4.78 is 15.7. The molecule has 0 aliphatic heterocycles. The monoisotopic (exact) mass is 263 g/mol. The summed E-state index contributed by atoms with van der Waals surface area (Å²) in [5, 5.41) is 0. The summed E-state index contributed by atoms with van der Waals surface area (Å²) >= 11 is 0. The minimum atomic E-state index is -0.481. The number of furan rings is 1. The summed E-state index contributed by atoms with van der Waals surface area (Å²) in [5.74, 6) is 0.904. The molecule has 2 aromatic heterocycles. The van der Waals surface area contributed by atoms with E-state index in [1.165, 1.54) is 0 Å². The molecule has 5 heteroatoms. The van der Waals surface area contributed by atoms with E-state index in [2.05, 4.69) is 4.98 Å². The Balaban J connectivity index is 2.43. The first-order chi connectivity index (χ1) is 9.02. The van der Waals surface area contributed by atoms with Crippen LogP contribution in [0.25, 0.3) is 11.5 Å². The number of aromatic nitrogens is 1. The molecule has 0 fully saturated rings. The largest absolute Gasteiger partial charge is 0.469 e. The van der Waals surface area contributed by atoms with E-state index in [4.69, 9.17) is 13.6 Å². The third-order valence-electron chi connectivity index (χ3n) is 2.64. The predicted octanol–water partition coefficient (Wildman–Crippen LogP) is 3.54. The number of nitrogens with zero attached hydrogens (tertiary/aromatic N) is 1. The highest BCUT2D eigenvalue weighted by atomic mass is 16.5. The molecular formula is C14H17NO4. The van der Waals surface area contributed by atoms with Gasteiger partial charge < -0.3 is 13.6 Å². The number of hydrogen-bond acceptors (Lipinski definition) is 5. The molecule has 19 heavy (non-hydrogen) atoms. The van der Waals surface area contributed by atoms with Gasteiger partial charge in [-0.3, -0.25) is 0 Å². The van der Waals surface area contributed by atoms with E-state index in [0.717, 1.165) is 11.3 Å². The van der Waals surface area contributed by atoms with Crippen molar-refractivity contribution in [3.63, 3.8) is 0 Å². The molecule has 0 bridgehead atoms. The maximum Gasteiger partial charge on any atom is 0.376 e. The highest BCUT2D eigenvalue weighted by Gasteiger charge is 2.24. The van der Waals surface area contributed by atoms with Gasteiger partial charge in [0.2, 0.25) is 11.7 Å². The molecule has 0 radical (unpaired) electrons. The topological polar surface area (TPSA) is 65.5 Å². The molecule has 5 nitrogen and oxygen atoms in total. The number of rotatable bonds is 4. The fourth-order valence-electron chi connectivity index (χ4n) is 1.75. The lowest BCUT2D eigenvalue weighted by Crippen LogP contribution is -2.07. The quantitative estimate of drug-likeness (QED) is 0.789. The average Bonchev–Trinajstić information content (AvgIpc) is 2.94. The van der Waals surface area contributed by atoms with Crippen LogP contribution in [-0.4, -0.2) is 17.6 Å². The van der Waals surface area contributed by atoms with Gasteiger partial charge in [0.15, 0.2) is 0 Å². The van der Waals surface area contributed by atoms with Gasteiger partial charge >= 0.3 is 5.97 Å². The van der Waals surface area contributed by atoms with Crippen molar-refractivity contribution >= 4 is 5.97 Å². The average molecular weight is 263 g/mol. The van der Waals surface area contributed by atoms with E-state index in [0.29, 0.717) is 18.2 Å². The molecule has 0 aliphatic rings. The predicted molar refractivity (Wildman–Crippen MR) is 69.0 cm³/mol. The first kappa shape index (κ1) is 13.4. The summed E-state index contributed by atoms with van der Waals surface area (Å²) in [5.41, 5.74) is 1.32. The molecule has 0 aromatic carbocycles. The number of carbonyl (C=O) groups is 1. The standard InChI is InChI=1S/C14H17NO4/c1-5-17-14(16)12-11(8(2)3)15-13(19-12)10-6-9(4)18-7-10/h6-8H,5H2,1-4H3. The van der Waals surface area contributed by atoms with Gasteiger partial charge in [-0.1, -0.05) is 13.8 Å². The van der Waals surface area contributed by atoms with E-state index in [9.17, 15) is 4.79 Å². The molecule has 2 heterocycles. The van der Waals surface area contributed by atoms with Crippen molar-refractivity contribution in [1.82, 2.24) is 4.98 Å². The van der Waals surface area contributed by atoms with Gasteiger partial charge in [0.1, 0.15) is 12.0 Å². The van der Waals surface area contributed by atoms with Crippen molar-refractivity contribution in [1.29, 1.82) is 0 Å². The smallest absolute Gasteiger partial charge is 0.376 e. The third-order valence-corrected chi connectivity index (χ3v) is 2.64. The highest BCUT2D eigenvalue weighted by molar-refractivity contribution is 5.88. The van der Waals surface area contributed by atoms with Crippen LogP contribution in [0, 0.1) is 6.92 Å². The maximum absolute atomic E-state index is 11.8. The first-order valence-corrected chi connectivity index (χ1v) is 6.26. The second-order valence-electron chi connectivity index (χ2n) is 4.55. The zero-order valence-electron chi connectivity index (χ0n) is 11.5. The molecule has 2 aromatic rings. The Kier molecular flexibility index (Phi) is 3.74. The lowest BCUT2D eigenvalue weighted by atomic mass is 10.1. The zero-order chi connectivity index (χ0) is 14.0. The minimum absolute atomic E-state index is 0.0740. The Bertz CT molecular complexity index is 580. The van der Waals surface area contributed by atoms with Crippen molar-refractivity contribution in [2.75, 3.05) is 6.61 Å². The zero-order valence-corrected chi connectivity index (χ0v) is 11.5. The van der Waals surface area contributed by atoms with Crippen molar-refractivity contribution in [3.05, 3.63) is 29.5 Å². The van der Waals surface area contributed by atoms with E-state index in [1.54, 1.807) is 13.2 Å². The second kappa shape index (κ2) is 5.30. The fraction of sp³-hybridized carbons (Fsp3) is 0.429. The van der Waals surface area contributed by atoms with Gasteiger partial charge in [-0.05, 0) is 25.8 Å². The Morgan fingerprint density at radius 3 is 2.74 bits per heavy atom. The summed E-state index contributed by atoms with van der Waals surface area (Å²) in [7, 11) is 0. The second-order valence-corrected chi connectivity index (χ2v) is 4.55. The van der Waals surface area contributed by atoms with E-state index in [-0.39, 0.29) is 11.7 Å². The molecule has 0 aliphatic carbocycles. The Morgan fingerprint density at radius 2 is 2.21 bits per heavy atom. The number of aryl methyl sites for hydroxylation is 1. The summed E-state index contributed by atoms with van der Waals surface area (Å²) in [6, 6.07) is 1.81. The number of esters is 1. The van der Waals surface area contributed by atoms with Crippen LogP contribution >= 0.6 is 0 Å². The maximum atomic E-state index is 11.8. The third kappa shape index (κ3) is 2.70. The molecule has 102 valence electrons. The molecule has 0 saturated heterocycles.